The van der Waals surface area contributed by atoms with E-state index in [4.69, 9.17) is 13.3 Å². The molecule has 0 bridgehead atoms. The van der Waals surface area contributed by atoms with Crippen molar-refractivity contribution in [2.75, 3.05) is 0 Å². The summed E-state index contributed by atoms with van der Waals surface area (Å²) < 4.78 is 21.0. The van der Waals surface area contributed by atoms with Gasteiger partial charge in [-0.25, -0.2) is 0 Å². The number of fused-ring (bicyclic) bond motifs is 8. The molecule has 31 heavy (non-hydrogen) atoms. The minimum atomic E-state index is 0.717. The summed E-state index contributed by atoms with van der Waals surface area (Å²) in [5, 5.41) is 5.44. The van der Waals surface area contributed by atoms with Gasteiger partial charge in [0.15, 0.2) is 5.58 Å². The molecule has 0 spiro atoms. The molecule has 3 aromatic heterocycles. The van der Waals surface area contributed by atoms with E-state index < -0.39 is 0 Å². The van der Waals surface area contributed by atoms with E-state index in [1.165, 1.54) is 5.39 Å². The van der Waals surface area contributed by atoms with Gasteiger partial charge in [-0.2, -0.15) is 0 Å². The molecule has 0 atom stereocenters. The van der Waals surface area contributed by atoms with Gasteiger partial charge in [0.1, 0.15) is 23.8 Å². The summed E-state index contributed by atoms with van der Waals surface area (Å²) >= 11 is 0. The molecule has 0 N–H and O–H groups in total. The van der Waals surface area contributed by atoms with Crippen LogP contribution in [0.3, 0.4) is 0 Å². The minimum Gasteiger partial charge on any atom is -0.454 e. The molecular weight excluding hydrogens is 386 g/mol. The van der Waals surface area contributed by atoms with Gasteiger partial charge >= 0.3 is 11.6 Å². The van der Waals surface area contributed by atoms with Crippen LogP contribution >= 0.6 is 0 Å². The summed E-state index contributed by atoms with van der Waals surface area (Å²) in [5.41, 5.74) is 6.08. The standard InChI is InChI=1S/C27H18NO3/c1-15-11-13-19-18-14-12-16-7-3-4-8-17(16)23(18)30-24(19)22(15)26-28(2)27-25(31-26)20-9-5-6-10-21(20)29-27/h3-14H,1-2H3/q+1. The van der Waals surface area contributed by atoms with Gasteiger partial charge in [0.2, 0.25) is 0 Å². The minimum absolute atomic E-state index is 0.717. The summed E-state index contributed by atoms with van der Waals surface area (Å²) in [7, 11) is 1.97. The van der Waals surface area contributed by atoms with Crippen LogP contribution in [0.4, 0.5) is 0 Å². The SMILES string of the molecule is Cc1ccc2c(oc3c4ccccc4ccc23)c1-c1oc2c3ccccc3oc2[n+]1C. The van der Waals surface area contributed by atoms with Crippen molar-refractivity contribution < 1.29 is 17.8 Å². The molecule has 7 aromatic rings. The van der Waals surface area contributed by atoms with Crippen molar-refractivity contribution in [3.63, 3.8) is 0 Å². The predicted molar refractivity (Wildman–Crippen MR) is 122 cm³/mol. The zero-order chi connectivity index (χ0) is 20.7. The highest BCUT2D eigenvalue weighted by atomic mass is 16.4. The Morgan fingerprint density at radius 3 is 2.26 bits per heavy atom. The maximum atomic E-state index is 6.54. The Morgan fingerprint density at radius 2 is 1.35 bits per heavy atom. The third-order valence-electron chi connectivity index (χ3n) is 6.29. The van der Waals surface area contributed by atoms with E-state index in [9.17, 15) is 0 Å². The number of aromatic nitrogens is 1. The Bertz CT molecular complexity index is 1810. The average molecular weight is 404 g/mol. The molecule has 4 heteroatoms. The number of nitrogens with zero attached hydrogens (tertiary/aromatic N) is 1. The fourth-order valence-corrected chi connectivity index (χ4v) is 4.74. The number of furan rings is 2. The smallest absolute Gasteiger partial charge is 0.421 e. The van der Waals surface area contributed by atoms with Gasteiger partial charge in [-0.1, -0.05) is 54.6 Å². The van der Waals surface area contributed by atoms with Gasteiger partial charge in [-0.15, -0.1) is 4.57 Å². The topological polar surface area (TPSA) is 43.3 Å². The van der Waals surface area contributed by atoms with Crippen LogP contribution in [-0.4, -0.2) is 0 Å². The second-order valence-electron chi connectivity index (χ2n) is 8.10. The van der Waals surface area contributed by atoms with Crippen LogP contribution in [0.2, 0.25) is 0 Å². The van der Waals surface area contributed by atoms with E-state index in [1.54, 1.807) is 0 Å². The van der Waals surface area contributed by atoms with E-state index >= 15 is 0 Å². The molecule has 0 radical (unpaired) electrons. The summed E-state index contributed by atoms with van der Waals surface area (Å²) in [6.45, 7) is 2.09. The van der Waals surface area contributed by atoms with Crippen molar-refractivity contribution >= 4 is 55.0 Å². The van der Waals surface area contributed by atoms with Gasteiger partial charge in [0, 0.05) is 16.2 Å². The Kier molecular flexibility index (Phi) is 3.11. The van der Waals surface area contributed by atoms with Crippen LogP contribution < -0.4 is 4.57 Å². The Morgan fingerprint density at radius 1 is 0.613 bits per heavy atom. The Labute approximate surface area is 176 Å². The molecule has 0 saturated heterocycles. The zero-order valence-corrected chi connectivity index (χ0v) is 17.1. The number of oxazole rings is 1. The highest BCUT2D eigenvalue weighted by molar-refractivity contribution is 6.17. The molecule has 0 saturated carbocycles. The van der Waals surface area contributed by atoms with Crippen molar-refractivity contribution in [1.29, 1.82) is 0 Å². The molecule has 0 unspecified atom stereocenters. The fraction of sp³-hybridized carbons (Fsp3) is 0.0741. The van der Waals surface area contributed by atoms with Gasteiger partial charge in [-0.05, 0) is 36.1 Å². The lowest BCUT2D eigenvalue weighted by molar-refractivity contribution is -0.643. The van der Waals surface area contributed by atoms with Crippen molar-refractivity contribution in [1.82, 2.24) is 0 Å². The second-order valence-corrected chi connectivity index (χ2v) is 8.10. The molecule has 4 aromatic carbocycles. The van der Waals surface area contributed by atoms with Crippen LogP contribution in [0, 0.1) is 6.92 Å². The highest BCUT2D eigenvalue weighted by Gasteiger charge is 2.31. The first kappa shape index (κ1) is 16.7. The molecular formula is C27H18NO3+. The second kappa shape index (κ2) is 5.76. The van der Waals surface area contributed by atoms with Crippen LogP contribution in [0.15, 0.2) is 86.0 Å². The van der Waals surface area contributed by atoms with Crippen LogP contribution in [0.25, 0.3) is 66.4 Å². The Balaban J connectivity index is 1.61. The maximum Gasteiger partial charge on any atom is 0.421 e. The molecule has 0 aliphatic rings. The molecule has 0 aliphatic heterocycles. The maximum absolute atomic E-state index is 6.54. The lowest BCUT2D eigenvalue weighted by atomic mass is 10.0. The number of para-hydroxylation sites is 1. The fourth-order valence-electron chi connectivity index (χ4n) is 4.74. The lowest BCUT2D eigenvalue weighted by Crippen LogP contribution is -2.28. The molecule has 148 valence electrons. The summed E-state index contributed by atoms with van der Waals surface area (Å²) in [4.78, 5) is 0. The van der Waals surface area contributed by atoms with Crippen LogP contribution in [0.5, 0.6) is 0 Å². The molecule has 3 heterocycles. The molecule has 4 nitrogen and oxygen atoms in total. The third-order valence-corrected chi connectivity index (χ3v) is 6.29. The third kappa shape index (κ3) is 2.11. The van der Waals surface area contributed by atoms with Crippen molar-refractivity contribution in [2.24, 2.45) is 7.05 Å². The first-order valence-corrected chi connectivity index (χ1v) is 10.3. The number of aryl methyl sites for hydroxylation is 2. The molecule has 0 amide bonds. The normalized spacial score (nSPS) is 12.2. The number of benzene rings is 4. The van der Waals surface area contributed by atoms with Gasteiger partial charge in [0.25, 0.3) is 5.58 Å². The monoisotopic (exact) mass is 404 g/mol. The Hall–Kier alpha value is -4.05. The first-order chi connectivity index (χ1) is 15.2. The van der Waals surface area contributed by atoms with E-state index in [-0.39, 0.29) is 0 Å². The number of hydrogen-bond acceptors (Lipinski definition) is 3. The number of hydrogen-bond donors (Lipinski definition) is 0. The molecule has 7 rings (SSSR count). The number of rotatable bonds is 1. The summed E-state index contributed by atoms with van der Waals surface area (Å²) in [5.74, 6) is 0.728. The van der Waals surface area contributed by atoms with Crippen LogP contribution in [-0.2, 0) is 7.05 Å². The van der Waals surface area contributed by atoms with Gasteiger partial charge in [-0.3, -0.25) is 0 Å². The van der Waals surface area contributed by atoms with E-state index in [0.29, 0.717) is 5.71 Å². The van der Waals surface area contributed by atoms with E-state index in [1.807, 2.05) is 41.9 Å². The average Bonchev–Trinajstić information content (AvgIpc) is 3.45. The zero-order valence-electron chi connectivity index (χ0n) is 17.1. The van der Waals surface area contributed by atoms with Gasteiger partial charge < -0.3 is 13.3 Å². The van der Waals surface area contributed by atoms with Crippen molar-refractivity contribution in [3.8, 4) is 11.5 Å². The van der Waals surface area contributed by atoms with Gasteiger partial charge in [0.05, 0.1) is 5.39 Å². The van der Waals surface area contributed by atoms with E-state index in [2.05, 4.69) is 49.4 Å². The highest BCUT2D eigenvalue weighted by Crippen LogP contribution is 2.41. The predicted octanol–water partition coefficient (Wildman–Crippen LogP) is 7.03. The lowest BCUT2D eigenvalue weighted by Gasteiger charge is -2.00. The summed E-state index contributed by atoms with van der Waals surface area (Å²) in [6.07, 6.45) is 0. The quantitative estimate of drug-likeness (QED) is 0.276. The molecule has 0 aliphatic carbocycles. The largest absolute Gasteiger partial charge is 0.454 e. The van der Waals surface area contributed by atoms with Crippen molar-refractivity contribution in [2.45, 2.75) is 6.92 Å². The van der Waals surface area contributed by atoms with E-state index in [0.717, 1.165) is 60.9 Å². The molecule has 0 fully saturated rings. The summed E-state index contributed by atoms with van der Waals surface area (Å²) in [6, 6.07) is 24.8. The van der Waals surface area contributed by atoms with Crippen LogP contribution in [0.1, 0.15) is 5.56 Å². The van der Waals surface area contributed by atoms with Crippen molar-refractivity contribution in [3.05, 3.63) is 78.4 Å². The first-order valence-electron chi connectivity index (χ1n) is 10.3.